The van der Waals surface area contributed by atoms with Crippen molar-refractivity contribution >= 4 is 11.8 Å². The van der Waals surface area contributed by atoms with E-state index in [1.54, 1.807) is 37.4 Å². The summed E-state index contributed by atoms with van der Waals surface area (Å²) in [6.07, 6.45) is -1.12. The number of aliphatic hydroxyl groups is 1. The molecule has 2 aromatic carbocycles. The van der Waals surface area contributed by atoms with Crippen molar-refractivity contribution in [1.82, 2.24) is 0 Å². The van der Waals surface area contributed by atoms with Crippen LogP contribution in [-0.4, -0.2) is 23.2 Å². The van der Waals surface area contributed by atoms with E-state index in [-0.39, 0.29) is 0 Å². The number of fused-ring (bicyclic) bond motifs is 1. The van der Waals surface area contributed by atoms with Crippen molar-refractivity contribution in [3.63, 3.8) is 0 Å². The third kappa shape index (κ3) is 2.55. The molecule has 0 aliphatic carbocycles. The lowest BCUT2D eigenvalue weighted by molar-refractivity contribution is -0.536. The first kappa shape index (κ1) is 14.9. The molecule has 1 N–H and O–H groups in total. The zero-order valence-electron chi connectivity index (χ0n) is 11.9. The Morgan fingerprint density at radius 3 is 2.73 bits per heavy atom. The van der Waals surface area contributed by atoms with E-state index in [9.17, 15) is 15.2 Å². The molecule has 0 saturated carbocycles. The van der Waals surface area contributed by atoms with Crippen LogP contribution in [-0.2, 0) is 0 Å². The molecule has 0 fully saturated rings. The minimum atomic E-state index is -1.12. The fourth-order valence-electron chi connectivity index (χ4n) is 2.70. The maximum absolute atomic E-state index is 11.5. The van der Waals surface area contributed by atoms with E-state index in [0.717, 1.165) is 10.5 Å². The zero-order chi connectivity index (χ0) is 15.7. The lowest BCUT2D eigenvalue weighted by Crippen LogP contribution is -2.35. The summed E-state index contributed by atoms with van der Waals surface area (Å²) in [6.45, 7) is 0. The van der Waals surface area contributed by atoms with Gasteiger partial charge in [-0.3, -0.25) is 10.1 Å². The van der Waals surface area contributed by atoms with Crippen molar-refractivity contribution in [3.8, 4) is 5.75 Å². The summed E-state index contributed by atoms with van der Waals surface area (Å²) in [5.41, 5.74) is 1.40. The second kappa shape index (κ2) is 5.98. The molecule has 1 aliphatic rings. The average Bonchev–Trinajstić information content (AvgIpc) is 2.54. The van der Waals surface area contributed by atoms with Crippen LogP contribution in [0.25, 0.3) is 0 Å². The van der Waals surface area contributed by atoms with Crippen molar-refractivity contribution in [2.75, 3.05) is 7.11 Å². The van der Waals surface area contributed by atoms with E-state index in [1.807, 2.05) is 18.2 Å². The molecule has 3 atom stereocenters. The largest absolute Gasteiger partial charge is 0.497 e. The predicted molar refractivity (Wildman–Crippen MR) is 83.8 cm³/mol. The molecule has 3 rings (SSSR count). The molecular weight excluding hydrogens is 302 g/mol. The van der Waals surface area contributed by atoms with Crippen molar-refractivity contribution < 1.29 is 14.8 Å². The molecule has 5 nitrogen and oxygen atoms in total. The van der Waals surface area contributed by atoms with E-state index in [0.29, 0.717) is 11.3 Å². The highest BCUT2D eigenvalue weighted by Crippen LogP contribution is 2.50. The van der Waals surface area contributed by atoms with Gasteiger partial charge in [0.05, 0.1) is 7.11 Å². The van der Waals surface area contributed by atoms with Gasteiger partial charge in [-0.25, -0.2) is 0 Å². The van der Waals surface area contributed by atoms with E-state index in [2.05, 4.69) is 0 Å². The summed E-state index contributed by atoms with van der Waals surface area (Å²) in [5, 5.41) is 21.5. The molecule has 0 radical (unpaired) electrons. The number of hydrogen-bond acceptors (Lipinski definition) is 5. The Bertz CT molecular complexity index is 706. The molecule has 1 heterocycles. The van der Waals surface area contributed by atoms with Gasteiger partial charge in [-0.2, -0.15) is 0 Å². The monoisotopic (exact) mass is 317 g/mol. The molecule has 114 valence electrons. The second-order valence-corrected chi connectivity index (χ2v) is 6.26. The zero-order valence-corrected chi connectivity index (χ0v) is 12.7. The van der Waals surface area contributed by atoms with Gasteiger partial charge in [0, 0.05) is 15.4 Å². The van der Waals surface area contributed by atoms with Crippen LogP contribution in [0.1, 0.15) is 22.5 Å². The maximum Gasteiger partial charge on any atom is 0.258 e. The van der Waals surface area contributed by atoms with Gasteiger partial charge in [0.1, 0.15) is 17.1 Å². The van der Waals surface area contributed by atoms with Gasteiger partial charge in [0.25, 0.3) is 6.04 Å². The number of rotatable bonds is 3. The Balaban J connectivity index is 2.07. The van der Waals surface area contributed by atoms with E-state index >= 15 is 0 Å². The van der Waals surface area contributed by atoms with Gasteiger partial charge in [-0.1, -0.05) is 30.3 Å². The number of nitrogens with zero attached hydrogens (tertiary/aromatic N) is 1. The summed E-state index contributed by atoms with van der Waals surface area (Å²) < 4.78 is 5.20. The van der Waals surface area contributed by atoms with E-state index in [4.69, 9.17) is 4.74 Å². The molecule has 0 saturated heterocycles. The topological polar surface area (TPSA) is 72.6 Å². The standard InChI is InChI=1S/C16H15NO4S/c1-21-11-6-4-5-10(9-11)16-14(17(19)20)15(18)12-7-2-3-8-13(12)22-16/h2-9,14-16,18H,1H3. The second-order valence-electron chi connectivity index (χ2n) is 5.07. The molecular formula is C16H15NO4S. The fourth-order valence-corrected chi connectivity index (χ4v) is 4.12. The normalized spacial score (nSPS) is 23.6. The van der Waals surface area contributed by atoms with Crippen molar-refractivity contribution in [2.24, 2.45) is 0 Å². The summed E-state index contributed by atoms with van der Waals surface area (Å²) in [7, 11) is 1.56. The molecule has 0 spiro atoms. The highest BCUT2D eigenvalue weighted by Gasteiger charge is 2.45. The number of thioether (sulfide) groups is 1. The first-order valence-corrected chi connectivity index (χ1v) is 7.71. The van der Waals surface area contributed by atoms with Gasteiger partial charge in [0.15, 0.2) is 0 Å². The highest BCUT2D eigenvalue weighted by molar-refractivity contribution is 7.99. The number of benzene rings is 2. The highest BCUT2D eigenvalue weighted by atomic mass is 32.2. The van der Waals surface area contributed by atoms with Gasteiger partial charge in [-0.05, 0) is 23.8 Å². The minimum absolute atomic E-state index is 0.391. The van der Waals surface area contributed by atoms with Crippen LogP contribution in [0, 0.1) is 10.1 Å². The van der Waals surface area contributed by atoms with Crippen molar-refractivity contribution in [2.45, 2.75) is 22.3 Å². The smallest absolute Gasteiger partial charge is 0.258 e. The first-order valence-electron chi connectivity index (χ1n) is 6.83. The molecule has 0 aromatic heterocycles. The number of aliphatic hydroxyl groups excluding tert-OH is 1. The van der Waals surface area contributed by atoms with Crippen LogP contribution in [0.5, 0.6) is 5.75 Å². The summed E-state index contributed by atoms with van der Waals surface area (Å²) >= 11 is 1.41. The van der Waals surface area contributed by atoms with Crippen LogP contribution in [0.15, 0.2) is 53.4 Å². The van der Waals surface area contributed by atoms with Crippen molar-refractivity contribution in [3.05, 3.63) is 69.8 Å². The SMILES string of the molecule is COc1cccc(C2Sc3ccccc3C(O)C2[N+](=O)[O-])c1. The first-order chi connectivity index (χ1) is 10.6. The third-order valence-electron chi connectivity index (χ3n) is 3.79. The Morgan fingerprint density at radius 2 is 2.00 bits per heavy atom. The van der Waals surface area contributed by atoms with Crippen LogP contribution < -0.4 is 4.74 Å². The lowest BCUT2D eigenvalue weighted by atomic mass is 9.95. The molecule has 0 amide bonds. The van der Waals surface area contributed by atoms with Gasteiger partial charge >= 0.3 is 0 Å². The molecule has 2 aromatic rings. The Morgan fingerprint density at radius 1 is 1.23 bits per heavy atom. The van der Waals surface area contributed by atoms with Crippen LogP contribution >= 0.6 is 11.8 Å². The summed E-state index contributed by atoms with van der Waals surface area (Å²) in [5.74, 6) is 0.647. The van der Waals surface area contributed by atoms with Gasteiger partial charge in [-0.15, -0.1) is 11.8 Å². The Kier molecular flexibility index (Phi) is 4.04. The summed E-state index contributed by atoms with van der Waals surface area (Å²) in [4.78, 5) is 12.0. The summed E-state index contributed by atoms with van der Waals surface area (Å²) in [6, 6.07) is 13.4. The minimum Gasteiger partial charge on any atom is -0.497 e. The molecule has 1 aliphatic heterocycles. The van der Waals surface area contributed by atoms with Crippen molar-refractivity contribution in [1.29, 1.82) is 0 Å². The fraction of sp³-hybridized carbons (Fsp3) is 0.250. The molecule has 0 bridgehead atoms. The van der Waals surface area contributed by atoms with Crippen LogP contribution in [0.4, 0.5) is 0 Å². The Hall–Kier alpha value is -2.05. The average molecular weight is 317 g/mol. The van der Waals surface area contributed by atoms with Crippen LogP contribution in [0.2, 0.25) is 0 Å². The number of nitro groups is 1. The quantitative estimate of drug-likeness (QED) is 0.695. The van der Waals surface area contributed by atoms with Gasteiger partial charge < -0.3 is 9.84 Å². The maximum atomic E-state index is 11.5. The number of ether oxygens (including phenoxy) is 1. The third-order valence-corrected chi connectivity index (χ3v) is 5.22. The Labute approximate surface area is 132 Å². The predicted octanol–water partition coefficient (Wildman–Crippen LogP) is 3.22. The molecule has 6 heteroatoms. The lowest BCUT2D eigenvalue weighted by Gasteiger charge is -2.31. The van der Waals surface area contributed by atoms with E-state index in [1.165, 1.54) is 11.8 Å². The van der Waals surface area contributed by atoms with Crippen LogP contribution in [0.3, 0.4) is 0 Å². The number of methoxy groups -OCH3 is 1. The van der Waals surface area contributed by atoms with Gasteiger partial charge in [0.2, 0.25) is 0 Å². The molecule has 22 heavy (non-hydrogen) atoms. The molecule has 3 unspecified atom stereocenters. The number of hydrogen-bond donors (Lipinski definition) is 1. The van der Waals surface area contributed by atoms with E-state index < -0.39 is 22.3 Å².